The second-order valence-electron chi connectivity index (χ2n) is 4.98. The summed E-state index contributed by atoms with van der Waals surface area (Å²) in [5.74, 6) is -0.0570. The average molecular weight is 313 g/mol. The number of benzene rings is 2. The molecule has 0 aliphatic heterocycles. The predicted octanol–water partition coefficient (Wildman–Crippen LogP) is 2.44. The monoisotopic (exact) mass is 313 g/mol. The van der Waals surface area contributed by atoms with Gasteiger partial charge in [0.05, 0.1) is 13.5 Å². The first kappa shape index (κ1) is 16.5. The number of ether oxygens (including phenoxy) is 2. The minimum Gasteiger partial charge on any atom is -0.497 e. The molecule has 2 aromatic rings. The maximum Gasteiger partial charge on any atom is 0.310 e. The summed E-state index contributed by atoms with van der Waals surface area (Å²) < 4.78 is 10.2. The zero-order valence-corrected chi connectivity index (χ0v) is 13.2. The number of likely N-dealkylation sites (N-methyl/N-ethyl adjacent to an activating group) is 1. The van der Waals surface area contributed by atoms with Gasteiger partial charge in [-0.05, 0) is 29.8 Å². The van der Waals surface area contributed by atoms with Gasteiger partial charge in [0.15, 0.2) is 6.61 Å². The van der Waals surface area contributed by atoms with Crippen LogP contribution in [0.15, 0.2) is 54.6 Å². The van der Waals surface area contributed by atoms with Crippen LogP contribution in [0, 0.1) is 0 Å². The lowest BCUT2D eigenvalue weighted by molar-refractivity contribution is -0.147. The first-order valence-corrected chi connectivity index (χ1v) is 7.20. The van der Waals surface area contributed by atoms with E-state index in [0.717, 1.165) is 11.3 Å². The van der Waals surface area contributed by atoms with Crippen molar-refractivity contribution in [2.24, 2.45) is 0 Å². The molecule has 120 valence electrons. The first-order chi connectivity index (χ1) is 11.1. The molecule has 0 bridgehead atoms. The van der Waals surface area contributed by atoms with Gasteiger partial charge in [-0.1, -0.05) is 30.3 Å². The molecule has 0 radical (unpaired) electrons. The molecule has 2 aromatic carbocycles. The molecule has 0 aliphatic rings. The molecular formula is C18H19NO4. The number of hydrogen-bond donors (Lipinski definition) is 0. The first-order valence-electron chi connectivity index (χ1n) is 7.20. The van der Waals surface area contributed by atoms with E-state index in [9.17, 15) is 9.59 Å². The van der Waals surface area contributed by atoms with Gasteiger partial charge < -0.3 is 14.4 Å². The zero-order valence-electron chi connectivity index (χ0n) is 13.2. The molecule has 0 saturated heterocycles. The Morgan fingerprint density at radius 3 is 2.48 bits per heavy atom. The molecule has 23 heavy (non-hydrogen) atoms. The van der Waals surface area contributed by atoms with Crippen molar-refractivity contribution >= 4 is 17.6 Å². The highest BCUT2D eigenvalue weighted by molar-refractivity contribution is 5.94. The number of anilines is 1. The number of amides is 1. The highest BCUT2D eigenvalue weighted by Gasteiger charge is 2.14. The maximum atomic E-state index is 12.0. The summed E-state index contributed by atoms with van der Waals surface area (Å²) in [6, 6.07) is 16.4. The maximum absolute atomic E-state index is 12.0. The third kappa shape index (κ3) is 4.85. The van der Waals surface area contributed by atoms with Gasteiger partial charge in [-0.2, -0.15) is 0 Å². The van der Waals surface area contributed by atoms with Crippen LogP contribution in [0.4, 0.5) is 5.69 Å². The van der Waals surface area contributed by atoms with Crippen molar-refractivity contribution in [2.75, 3.05) is 25.7 Å². The number of carbonyl (C=O) groups excluding carboxylic acids is 2. The summed E-state index contributed by atoms with van der Waals surface area (Å²) in [7, 11) is 3.21. The predicted molar refractivity (Wildman–Crippen MR) is 87.5 cm³/mol. The summed E-state index contributed by atoms with van der Waals surface area (Å²) in [4.78, 5) is 25.3. The summed E-state index contributed by atoms with van der Waals surface area (Å²) in [6.45, 7) is -0.284. The Labute approximate surface area is 135 Å². The Kier molecular flexibility index (Phi) is 5.74. The van der Waals surface area contributed by atoms with Gasteiger partial charge in [0.2, 0.25) is 0 Å². The second-order valence-corrected chi connectivity index (χ2v) is 4.98. The molecule has 0 aliphatic carbocycles. The van der Waals surface area contributed by atoms with E-state index in [1.165, 1.54) is 4.90 Å². The molecule has 0 unspecified atom stereocenters. The van der Waals surface area contributed by atoms with Gasteiger partial charge in [0.1, 0.15) is 5.75 Å². The number of hydrogen-bond acceptors (Lipinski definition) is 4. The molecule has 2 rings (SSSR count). The van der Waals surface area contributed by atoms with Crippen molar-refractivity contribution in [1.82, 2.24) is 0 Å². The van der Waals surface area contributed by atoms with Gasteiger partial charge in [0, 0.05) is 12.7 Å². The minimum absolute atomic E-state index is 0.0968. The van der Waals surface area contributed by atoms with E-state index < -0.39 is 5.97 Å². The van der Waals surface area contributed by atoms with E-state index in [1.807, 2.05) is 36.4 Å². The van der Waals surface area contributed by atoms with Crippen LogP contribution in [-0.4, -0.2) is 32.6 Å². The third-order valence-electron chi connectivity index (χ3n) is 3.36. The molecule has 1 amide bonds. The Morgan fingerprint density at radius 2 is 1.78 bits per heavy atom. The largest absolute Gasteiger partial charge is 0.497 e. The number of para-hydroxylation sites is 1. The van der Waals surface area contributed by atoms with Crippen LogP contribution >= 0.6 is 0 Å². The van der Waals surface area contributed by atoms with E-state index in [4.69, 9.17) is 9.47 Å². The van der Waals surface area contributed by atoms with Gasteiger partial charge in [0.25, 0.3) is 5.91 Å². The number of esters is 1. The molecule has 0 heterocycles. The van der Waals surface area contributed by atoms with Crippen LogP contribution in [0.5, 0.6) is 5.75 Å². The summed E-state index contributed by atoms with van der Waals surface area (Å²) in [6.07, 6.45) is 0.0968. The summed E-state index contributed by atoms with van der Waals surface area (Å²) >= 11 is 0. The standard InChI is InChI=1S/C18H19NO4/c1-19(15-8-4-3-5-9-15)17(20)13-23-18(21)12-14-7-6-10-16(11-14)22-2/h3-11H,12-13H2,1-2H3. The van der Waals surface area contributed by atoms with Crippen LogP contribution in [0.2, 0.25) is 0 Å². The van der Waals surface area contributed by atoms with Crippen LogP contribution in [0.3, 0.4) is 0 Å². The van der Waals surface area contributed by atoms with E-state index in [-0.39, 0.29) is 18.9 Å². The van der Waals surface area contributed by atoms with Crippen molar-refractivity contribution < 1.29 is 19.1 Å². The molecule has 0 aromatic heterocycles. The van der Waals surface area contributed by atoms with Gasteiger partial charge in [-0.15, -0.1) is 0 Å². The van der Waals surface area contributed by atoms with Crippen molar-refractivity contribution in [3.8, 4) is 5.75 Å². The lowest BCUT2D eigenvalue weighted by atomic mass is 10.1. The van der Waals surface area contributed by atoms with Crippen LogP contribution < -0.4 is 9.64 Å². The van der Waals surface area contributed by atoms with Crippen molar-refractivity contribution in [3.63, 3.8) is 0 Å². The Bertz CT molecular complexity index is 670. The highest BCUT2D eigenvalue weighted by Crippen LogP contribution is 2.14. The smallest absolute Gasteiger partial charge is 0.310 e. The molecule has 5 heteroatoms. The van der Waals surface area contributed by atoms with Crippen LogP contribution in [0.25, 0.3) is 0 Å². The van der Waals surface area contributed by atoms with Crippen molar-refractivity contribution in [2.45, 2.75) is 6.42 Å². The topological polar surface area (TPSA) is 55.8 Å². The van der Waals surface area contributed by atoms with Crippen molar-refractivity contribution in [3.05, 3.63) is 60.2 Å². The fourth-order valence-corrected chi connectivity index (χ4v) is 2.03. The van der Waals surface area contributed by atoms with E-state index in [2.05, 4.69) is 0 Å². The number of rotatable bonds is 6. The fraction of sp³-hybridized carbons (Fsp3) is 0.222. The quantitative estimate of drug-likeness (QED) is 0.769. The van der Waals surface area contributed by atoms with Crippen molar-refractivity contribution in [1.29, 1.82) is 0 Å². The molecule has 0 atom stereocenters. The molecule has 0 N–H and O–H groups in total. The second kappa shape index (κ2) is 7.98. The zero-order chi connectivity index (χ0) is 16.7. The van der Waals surface area contributed by atoms with Crippen LogP contribution in [-0.2, 0) is 20.7 Å². The van der Waals surface area contributed by atoms with Gasteiger partial charge >= 0.3 is 5.97 Å². The number of carbonyl (C=O) groups is 2. The minimum atomic E-state index is -0.451. The normalized spacial score (nSPS) is 10.0. The third-order valence-corrected chi connectivity index (χ3v) is 3.36. The van der Waals surface area contributed by atoms with Gasteiger partial charge in [-0.3, -0.25) is 9.59 Å². The Balaban J connectivity index is 1.85. The molecular weight excluding hydrogens is 294 g/mol. The molecule has 0 fully saturated rings. The summed E-state index contributed by atoms with van der Waals surface area (Å²) in [5, 5.41) is 0. The lowest BCUT2D eigenvalue weighted by Gasteiger charge is -2.17. The van der Waals surface area contributed by atoms with Crippen LogP contribution in [0.1, 0.15) is 5.56 Å². The van der Waals surface area contributed by atoms with E-state index in [0.29, 0.717) is 5.75 Å². The average Bonchev–Trinajstić information content (AvgIpc) is 2.60. The molecule has 0 spiro atoms. The van der Waals surface area contributed by atoms with E-state index >= 15 is 0 Å². The number of nitrogens with zero attached hydrogens (tertiary/aromatic N) is 1. The molecule has 5 nitrogen and oxygen atoms in total. The Morgan fingerprint density at radius 1 is 1.04 bits per heavy atom. The van der Waals surface area contributed by atoms with E-state index in [1.54, 1.807) is 32.4 Å². The SMILES string of the molecule is COc1cccc(CC(=O)OCC(=O)N(C)c2ccccc2)c1. The molecule has 0 saturated carbocycles. The summed E-state index contributed by atoms with van der Waals surface area (Å²) in [5.41, 5.74) is 1.53. The number of methoxy groups -OCH3 is 1. The highest BCUT2D eigenvalue weighted by atomic mass is 16.5. The lowest BCUT2D eigenvalue weighted by Crippen LogP contribution is -2.31. The fourth-order valence-electron chi connectivity index (χ4n) is 2.03. The Hall–Kier alpha value is -2.82. The van der Waals surface area contributed by atoms with Gasteiger partial charge in [-0.25, -0.2) is 0 Å².